The van der Waals surface area contributed by atoms with Gasteiger partial charge in [0.1, 0.15) is 23.6 Å². The minimum absolute atomic E-state index is 0.0252. The Balaban J connectivity index is 2.02. The van der Waals surface area contributed by atoms with Crippen LogP contribution in [0.25, 0.3) is 0 Å². The van der Waals surface area contributed by atoms with E-state index in [1.165, 1.54) is 24.3 Å². The van der Waals surface area contributed by atoms with E-state index in [-0.39, 0.29) is 30.3 Å². The van der Waals surface area contributed by atoms with Crippen LogP contribution in [-0.2, 0) is 32.0 Å². The van der Waals surface area contributed by atoms with Gasteiger partial charge in [0.15, 0.2) is 0 Å². The summed E-state index contributed by atoms with van der Waals surface area (Å²) in [7, 11) is 0. The van der Waals surface area contributed by atoms with E-state index in [0.717, 1.165) is 0 Å². The number of aromatic hydroxyl groups is 2. The Bertz CT molecular complexity index is 1070. The molecule has 200 valence electrons. The second kappa shape index (κ2) is 13.8. The minimum Gasteiger partial charge on any atom is -0.508 e. The van der Waals surface area contributed by atoms with Crippen LogP contribution in [0, 0.1) is 5.92 Å². The van der Waals surface area contributed by atoms with Crippen molar-refractivity contribution < 1.29 is 34.5 Å². The lowest BCUT2D eigenvalue weighted by atomic mass is 10.0. The number of amides is 3. The topological polar surface area (TPSA) is 191 Å². The lowest BCUT2D eigenvalue weighted by Gasteiger charge is -2.22. The van der Waals surface area contributed by atoms with E-state index in [2.05, 4.69) is 16.0 Å². The average molecular weight is 515 g/mol. The Hall–Kier alpha value is -4.12. The zero-order valence-corrected chi connectivity index (χ0v) is 20.8. The molecular weight excluding hydrogens is 480 g/mol. The number of benzene rings is 2. The van der Waals surface area contributed by atoms with Crippen LogP contribution in [0.15, 0.2) is 48.5 Å². The molecule has 3 atom stereocenters. The minimum atomic E-state index is -1.26. The fourth-order valence-corrected chi connectivity index (χ4v) is 3.57. The van der Waals surface area contributed by atoms with Crippen LogP contribution in [0.2, 0.25) is 0 Å². The number of hydrogen-bond acceptors (Lipinski definition) is 7. The number of aliphatic carboxylic acids is 1. The maximum absolute atomic E-state index is 12.9. The summed E-state index contributed by atoms with van der Waals surface area (Å²) in [5, 5.41) is 35.8. The lowest BCUT2D eigenvalue weighted by Crippen LogP contribution is -2.54. The summed E-state index contributed by atoms with van der Waals surface area (Å²) in [6.07, 6.45) is 0.467. The summed E-state index contributed by atoms with van der Waals surface area (Å²) in [6.45, 7) is 3.31. The summed E-state index contributed by atoms with van der Waals surface area (Å²) in [4.78, 5) is 49.5. The van der Waals surface area contributed by atoms with E-state index in [9.17, 15) is 34.5 Å². The number of rotatable bonds is 13. The van der Waals surface area contributed by atoms with E-state index >= 15 is 0 Å². The molecule has 0 spiro atoms. The first-order valence-electron chi connectivity index (χ1n) is 11.9. The molecule has 0 saturated heterocycles. The van der Waals surface area contributed by atoms with Gasteiger partial charge in [-0.2, -0.15) is 0 Å². The Morgan fingerprint density at radius 3 is 1.73 bits per heavy atom. The third kappa shape index (κ3) is 10.2. The number of nitrogens with two attached hydrogens (primary N) is 1. The molecule has 0 aliphatic rings. The molecule has 2 aromatic carbocycles. The highest BCUT2D eigenvalue weighted by Gasteiger charge is 2.26. The van der Waals surface area contributed by atoms with Gasteiger partial charge in [0.2, 0.25) is 17.7 Å². The van der Waals surface area contributed by atoms with Crippen molar-refractivity contribution in [1.82, 2.24) is 16.0 Å². The van der Waals surface area contributed by atoms with Crippen LogP contribution in [0.5, 0.6) is 11.5 Å². The Morgan fingerprint density at radius 1 is 0.784 bits per heavy atom. The maximum atomic E-state index is 12.9. The first-order valence-corrected chi connectivity index (χ1v) is 11.9. The molecule has 37 heavy (non-hydrogen) atoms. The smallest absolute Gasteiger partial charge is 0.326 e. The maximum Gasteiger partial charge on any atom is 0.326 e. The number of phenols is 2. The van der Waals surface area contributed by atoms with Crippen LogP contribution in [0.4, 0.5) is 0 Å². The van der Waals surface area contributed by atoms with Gasteiger partial charge in [-0.1, -0.05) is 38.1 Å². The highest BCUT2D eigenvalue weighted by Crippen LogP contribution is 2.13. The third-order valence-corrected chi connectivity index (χ3v) is 5.50. The van der Waals surface area contributed by atoms with E-state index in [0.29, 0.717) is 17.5 Å². The van der Waals surface area contributed by atoms with Crippen LogP contribution in [-0.4, -0.2) is 63.7 Å². The van der Waals surface area contributed by atoms with Crippen molar-refractivity contribution in [2.75, 3.05) is 6.54 Å². The van der Waals surface area contributed by atoms with E-state index in [1.807, 2.05) is 13.8 Å². The van der Waals surface area contributed by atoms with Crippen molar-refractivity contribution >= 4 is 23.7 Å². The van der Waals surface area contributed by atoms with Crippen LogP contribution < -0.4 is 21.7 Å². The fourth-order valence-electron chi connectivity index (χ4n) is 3.57. The van der Waals surface area contributed by atoms with Gasteiger partial charge in [-0.25, -0.2) is 4.79 Å². The van der Waals surface area contributed by atoms with E-state index in [4.69, 9.17) is 5.73 Å². The number of phenolic OH excluding ortho intramolecular Hbond substituents is 2. The third-order valence-electron chi connectivity index (χ3n) is 5.50. The predicted octanol–water partition coefficient (Wildman–Crippen LogP) is 0.427. The Labute approximate surface area is 215 Å². The van der Waals surface area contributed by atoms with Crippen molar-refractivity contribution in [1.29, 1.82) is 0 Å². The van der Waals surface area contributed by atoms with Gasteiger partial charge in [0, 0.05) is 12.8 Å². The quantitative estimate of drug-likeness (QED) is 0.200. The van der Waals surface area contributed by atoms with Crippen molar-refractivity contribution in [3.05, 3.63) is 59.7 Å². The first kappa shape index (κ1) is 29.1. The summed E-state index contributed by atoms with van der Waals surface area (Å²) in [6, 6.07) is 8.86. The van der Waals surface area contributed by atoms with Gasteiger partial charge >= 0.3 is 5.97 Å². The molecule has 0 saturated carbocycles. The highest BCUT2D eigenvalue weighted by molar-refractivity contribution is 5.92. The van der Waals surface area contributed by atoms with Gasteiger partial charge in [-0.3, -0.25) is 14.4 Å². The molecule has 0 aliphatic heterocycles. The number of hydrogen-bond donors (Lipinski definition) is 7. The molecule has 11 heteroatoms. The molecule has 11 nitrogen and oxygen atoms in total. The largest absolute Gasteiger partial charge is 0.508 e. The van der Waals surface area contributed by atoms with Gasteiger partial charge in [0.25, 0.3) is 0 Å². The molecule has 3 unspecified atom stereocenters. The number of carboxylic acids is 1. The molecule has 0 fully saturated rings. The van der Waals surface area contributed by atoms with Crippen LogP contribution in [0.1, 0.15) is 31.4 Å². The molecular formula is C26H34N4O7. The lowest BCUT2D eigenvalue weighted by molar-refractivity contribution is -0.141. The molecule has 0 radical (unpaired) electrons. The zero-order valence-electron chi connectivity index (χ0n) is 20.8. The standard InChI is InChI=1S/C26H34N4O7/c1-15(2)11-20(27)24(34)30-21(12-16-3-7-18(31)8-4-16)25(35)28-14-23(33)29-22(26(36)37)13-17-5-9-19(32)10-6-17/h3-10,15,20-22,31-32H,11-14,27H2,1-2H3,(H,28,35)(H,29,33)(H,30,34)(H,36,37). The molecule has 0 aliphatic carbocycles. The molecule has 8 N–H and O–H groups in total. The van der Waals surface area contributed by atoms with Gasteiger partial charge in [-0.05, 0) is 47.7 Å². The van der Waals surface area contributed by atoms with E-state index in [1.54, 1.807) is 24.3 Å². The summed E-state index contributed by atoms with van der Waals surface area (Å²) < 4.78 is 0. The van der Waals surface area contributed by atoms with Crippen molar-refractivity contribution in [3.63, 3.8) is 0 Å². The molecule has 2 aromatic rings. The summed E-state index contributed by atoms with van der Waals surface area (Å²) >= 11 is 0. The van der Waals surface area contributed by atoms with Gasteiger partial charge in [-0.15, -0.1) is 0 Å². The Kier molecular flexibility index (Phi) is 10.9. The summed E-state index contributed by atoms with van der Waals surface area (Å²) in [5.74, 6) is -2.92. The average Bonchev–Trinajstić information content (AvgIpc) is 2.83. The molecule has 0 heterocycles. The summed E-state index contributed by atoms with van der Waals surface area (Å²) in [5.41, 5.74) is 7.19. The molecule has 0 aromatic heterocycles. The van der Waals surface area contributed by atoms with Crippen molar-refractivity contribution in [2.24, 2.45) is 11.7 Å². The van der Waals surface area contributed by atoms with Gasteiger partial charge in [0.05, 0.1) is 12.6 Å². The molecule has 2 rings (SSSR count). The van der Waals surface area contributed by atoms with Gasteiger partial charge < -0.3 is 37.0 Å². The van der Waals surface area contributed by atoms with Crippen molar-refractivity contribution in [2.45, 2.75) is 51.2 Å². The number of carbonyl (C=O) groups is 4. The highest BCUT2D eigenvalue weighted by atomic mass is 16.4. The SMILES string of the molecule is CC(C)CC(N)C(=O)NC(Cc1ccc(O)cc1)C(=O)NCC(=O)NC(Cc1ccc(O)cc1)C(=O)O. The van der Waals surface area contributed by atoms with E-state index < -0.39 is 48.4 Å². The number of carbonyl (C=O) groups excluding carboxylic acids is 3. The molecule has 3 amide bonds. The van der Waals surface area contributed by atoms with Crippen LogP contribution >= 0.6 is 0 Å². The molecule has 0 bridgehead atoms. The zero-order chi connectivity index (χ0) is 27.5. The monoisotopic (exact) mass is 514 g/mol. The second-order valence-electron chi connectivity index (χ2n) is 9.21. The second-order valence-corrected chi connectivity index (χ2v) is 9.21. The first-order chi connectivity index (χ1) is 17.4. The predicted molar refractivity (Wildman–Crippen MR) is 136 cm³/mol. The Morgan fingerprint density at radius 2 is 1.27 bits per heavy atom. The fraction of sp³-hybridized carbons (Fsp3) is 0.385. The number of carboxylic acid groups (broad SMARTS) is 1. The normalized spacial score (nSPS) is 13.3. The van der Waals surface area contributed by atoms with Crippen molar-refractivity contribution in [3.8, 4) is 11.5 Å². The van der Waals surface area contributed by atoms with Crippen LogP contribution in [0.3, 0.4) is 0 Å². The number of nitrogens with one attached hydrogen (secondary N) is 3.